The van der Waals surface area contributed by atoms with Crippen molar-refractivity contribution in [2.75, 3.05) is 36.5 Å². The Kier molecular flexibility index (Phi) is 4.80. The molecule has 2 aliphatic rings. The molecule has 27 heavy (non-hydrogen) atoms. The lowest BCUT2D eigenvalue weighted by molar-refractivity contribution is -0.169. The number of anilines is 2. The number of amides is 1. The van der Waals surface area contributed by atoms with Crippen molar-refractivity contribution >= 4 is 17.4 Å². The molecule has 7 heteroatoms. The Balaban J connectivity index is 1.44. The van der Waals surface area contributed by atoms with Gasteiger partial charge in [0.1, 0.15) is 17.8 Å². The summed E-state index contributed by atoms with van der Waals surface area (Å²) in [6.07, 6.45) is 3.03. The fraction of sp³-hybridized carbons (Fsp3) is 0.450. The number of nitrogens with one attached hydrogen (secondary N) is 1. The summed E-state index contributed by atoms with van der Waals surface area (Å²) in [7, 11) is 0. The zero-order valence-corrected chi connectivity index (χ0v) is 15.7. The van der Waals surface area contributed by atoms with Gasteiger partial charge in [-0.05, 0) is 37.1 Å². The number of rotatable bonds is 3. The molecular weight excluding hydrogens is 344 g/mol. The lowest BCUT2D eigenvalue weighted by Crippen LogP contribution is -2.45. The third kappa shape index (κ3) is 3.79. The van der Waals surface area contributed by atoms with Gasteiger partial charge >= 0.3 is 0 Å². The second kappa shape index (κ2) is 7.25. The largest absolute Gasteiger partial charge is 0.356 e. The summed E-state index contributed by atoms with van der Waals surface area (Å²) in [5.74, 6) is 0.0912. The van der Waals surface area contributed by atoms with Crippen LogP contribution in [-0.4, -0.2) is 48.0 Å². The zero-order valence-electron chi connectivity index (χ0n) is 15.7. The van der Waals surface area contributed by atoms with E-state index in [4.69, 9.17) is 9.47 Å². The van der Waals surface area contributed by atoms with E-state index in [-0.39, 0.29) is 5.91 Å². The van der Waals surface area contributed by atoms with Crippen molar-refractivity contribution in [3.05, 3.63) is 47.4 Å². The SMILES string of the molecule is Cc1ccc(NC(=O)c2cc(N3CCC4(CC3)OCCO4)ncn2)cc1C. The number of hydrogen-bond donors (Lipinski definition) is 1. The maximum absolute atomic E-state index is 12.6. The molecule has 3 heterocycles. The summed E-state index contributed by atoms with van der Waals surface area (Å²) >= 11 is 0. The number of nitrogens with zero attached hydrogens (tertiary/aromatic N) is 3. The van der Waals surface area contributed by atoms with Gasteiger partial charge in [-0.3, -0.25) is 4.79 Å². The molecule has 7 nitrogen and oxygen atoms in total. The fourth-order valence-corrected chi connectivity index (χ4v) is 3.52. The highest BCUT2D eigenvalue weighted by Gasteiger charge is 2.40. The summed E-state index contributed by atoms with van der Waals surface area (Å²) in [5, 5.41) is 2.91. The molecule has 0 radical (unpaired) electrons. The first-order chi connectivity index (χ1) is 13.0. The topological polar surface area (TPSA) is 76.6 Å². The average Bonchev–Trinajstić information content (AvgIpc) is 3.13. The van der Waals surface area contributed by atoms with Crippen molar-refractivity contribution in [3.63, 3.8) is 0 Å². The van der Waals surface area contributed by atoms with Crippen LogP contribution in [0.15, 0.2) is 30.6 Å². The lowest BCUT2D eigenvalue weighted by atomic mass is 10.0. The van der Waals surface area contributed by atoms with Gasteiger partial charge < -0.3 is 19.7 Å². The summed E-state index contributed by atoms with van der Waals surface area (Å²) < 4.78 is 11.5. The molecule has 0 atom stereocenters. The van der Waals surface area contributed by atoms with E-state index in [2.05, 4.69) is 20.2 Å². The van der Waals surface area contributed by atoms with Crippen LogP contribution in [0.3, 0.4) is 0 Å². The predicted molar refractivity (Wildman–Crippen MR) is 102 cm³/mol. The minimum absolute atomic E-state index is 0.238. The third-order valence-electron chi connectivity index (χ3n) is 5.31. The molecule has 142 valence electrons. The van der Waals surface area contributed by atoms with E-state index in [1.165, 1.54) is 11.9 Å². The summed E-state index contributed by atoms with van der Waals surface area (Å²) in [6, 6.07) is 7.59. The van der Waals surface area contributed by atoms with Crippen molar-refractivity contribution in [2.24, 2.45) is 0 Å². The number of benzene rings is 1. The maximum Gasteiger partial charge on any atom is 0.274 e. The molecule has 1 N–H and O–H groups in total. The van der Waals surface area contributed by atoms with Crippen molar-refractivity contribution in [1.82, 2.24) is 9.97 Å². The molecule has 0 unspecified atom stereocenters. The minimum Gasteiger partial charge on any atom is -0.356 e. The number of carbonyl (C=O) groups is 1. The molecule has 0 saturated carbocycles. The number of ether oxygens (including phenoxy) is 2. The highest BCUT2D eigenvalue weighted by Crippen LogP contribution is 2.32. The Hall–Kier alpha value is -2.51. The normalized spacial score (nSPS) is 18.7. The monoisotopic (exact) mass is 368 g/mol. The number of piperidine rings is 1. The highest BCUT2D eigenvalue weighted by atomic mass is 16.7. The van der Waals surface area contributed by atoms with Crippen LogP contribution in [0.4, 0.5) is 11.5 Å². The van der Waals surface area contributed by atoms with Crippen LogP contribution in [-0.2, 0) is 9.47 Å². The molecule has 2 aliphatic heterocycles. The second-order valence-corrected chi connectivity index (χ2v) is 7.11. The van der Waals surface area contributed by atoms with Crippen LogP contribution in [0.25, 0.3) is 0 Å². The average molecular weight is 368 g/mol. The molecule has 1 aromatic carbocycles. The summed E-state index contributed by atoms with van der Waals surface area (Å²) in [4.78, 5) is 23.2. The molecule has 4 rings (SSSR count). The molecule has 2 saturated heterocycles. The minimum atomic E-state index is -0.424. The number of aromatic nitrogens is 2. The first-order valence-electron chi connectivity index (χ1n) is 9.28. The van der Waals surface area contributed by atoms with Gasteiger partial charge in [-0.15, -0.1) is 0 Å². The van der Waals surface area contributed by atoms with Crippen molar-refractivity contribution in [2.45, 2.75) is 32.5 Å². The van der Waals surface area contributed by atoms with Crippen molar-refractivity contribution in [3.8, 4) is 0 Å². The number of aryl methyl sites for hydroxylation is 2. The predicted octanol–water partition coefficient (Wildman–Crippen LogP) is 2.69. The number of carbonyl (C=O) groups excluding carboxylic acids is 1. The Labute approximate surface area is 158 Å². The molecule has 1 spiro atoms. The molecule has 2 aromatic rings. The van der Waals surface area contributed by atoms with Crippen LogP contribution in [0.5, 0.6) is 0 Å². The van der Waals surface area contributed by atoms with Crippen LogP contribution in [0.2, 0.25) is 0 Å². The third-order valence-corrected chi connectivity index (χ3v) is 5.31. The van der Waals surface area contributed by atoms with Gasteiger partial charge in [-0.1, -0.05) is 6.07 Å². The lowest BCUT2D eigenvalue weighted by Gasteiger charge is -2.38. The Morgan fingerprint density at radius 1 is 1.07 bits per heavy atom. The molecule has 1 aromatic heterocycles. The van der Waals surface area contributed by atoms with E-state index >= 15 is 0 Å². The van der Waals surface area contributed by atoms with E-state index in [9.17, 15) is 4.79 Å². The first kappa shape index (κ1) is 17.9. The van der Waals surface area contributed by atoms with Crippen molar-refractivity contribution < 1.29 is 14.3 Å². The van der Waals surface area contributed by atoms with E-state index in [0.717, 1.165) is 43.0 Å². The zero-order chi connectivity index (χ0) is 18.9. The van der Waals surface area contributed by atoms with Gasteiger partial charge in [0.15, 0.2) is 5.79 Å². The van der Waals surface area contributed by atoms with Gasteiger partial charge in [-0.25, -0.2) is 9.97 Å². The summed E-state index contributed by atoms with van der Waals surface area (Å²) in [5.41, 5.74) is 3.44. The molecular formula is C20H24N4O3. The molecule has 2 fully saturated rings. The van der Waals surface area contributed by atoms with Gasteiger partial charge in [0.05, 0.1) is 13.2 Å². The molecule has 0 aliphatic carbocycles. The second-order valence-electron chi connectivity index (χ2n) is 7.11. The van der Waals surface area contributed by atoms with Crippen LogP contribution < -0.4 is 10.2 Å². The van der Waals surface area contributed by atoms with Gasteiger partial charge in [-0.2, -0.15) is 0 Å². The van der Waals surface area contributed by atoms with Crippen LogP contribution >= 0.6 is 0 Å². The Bertz CT molecular complexity index is 839. The molecule has 0 bridgehead atoms. The van der Waals surface area contributed by atoms with Gasteiger partial charge in [0, 0.05) is 37.7 Å². The Morgan fingerprint density at radius 2 is 1.81 bits per heavy atom. The highest BCUT2D eigenvalue weighted by molar-refractivity contribution is 6.03. The van der Waals surface area contributed by atoms with Gasteiger partial charge in [0.2, 0.25) is 0 Å². The smallest absolute Gasteiger partial charge is 0.274 e. The fourth-order valence-electron chi connectivity index (χ4n) is 3.52. The van der Waals surface area contributed by atoms with E-state index < -0.39 is 5.79 Å². The Morgan fingerprint density at radius 3 is 2.52 bits per heavy atom. The van der Waals surface area contributed by atoms with Gasteiger partial charge in [0.25, 0.3) is 5.91 Å². The number of hydrogen-bond acceptors (Lipinski definition) is 6. The summed E-state index contributed by atoms with van der Waals surface area (Å²) in [6.45, 7) is 6.94. The first-order valence-corrected chi connectivity index (χ1v) is 9.28. The standard InChI is InChI=1S/C20H24N4O3/c1-14-3-4-16(11-15(14)2)23-19(25)17-12-18(22-13-21-17)24-7-5-20(6-8-24)26-9-10-27-20/h3-4,11-13H,5-10H2,1-2H3,(H,23,25). The van der Waals surface area contributed by atoms with Crippen LogP contribution in [0, 0.1) is 13.8 Å². The molecule has 1 amide bonds. The van der Waals surface area contributed by atoms with E-state index in [1.54, 1.807) is 6.07 Å². The van der Waals surface area contributed by atoms with E-state index in [1.807, 2.05) is 32.0 Å². The maximum atomic E-state index is 12.6. The quantitative estimate of drug-likeness (QED) is 0.898. The van der Waals surface area contributed by atoms with Crippen molar-refractivity contribution in [1.29, 1.82) is 0 Å². The van der Waals surface area contributed by atoms with Crippen LogP contribution in [0.1, 0.15) is 34.5 Å². The van der Waals surface area contributed by atoms with E-state index in [0.29, 0.717) is 18.9 Å².